The average molecular weight is 312 g/mol. The van der Waals surface area contributed by atoms with E-state index >= 15 is 0 Å². The summed E-state index contributed by atoms with van der Waals surface area (Å²) in [5, 5.41) is 11.1. The van der Waals surface area contributed by atoms with Crippen molar-refractivity contribution in [2.45, 2.75) is 12.8 Å². The van der Waals surface area contributed by atoms with Crippen molar-refractivity contribution in [2.24, 2.45) is 0 Å². The quantitative estimate of drug-likeness (QED) is 0.826. The van der Waals surface area contributed by atoms with Crippen LogP contribution < -0.4 is 10.2 Å². The van der Waals surface area contributed by atoms with E-state index in [0.29, 0.717) is 18.8 Å². The van der Waals surface area contributed by atoms with E-state index in [0.717, 1.165) is 25.2 Å². The fraction of sp³-hybridized carbons (Fsp3) is 0.353. The molecule has 1 amide bonds. The number of benzene rings is 1. The Kier molecular flexibility index (Phi) is 4.83. The minimum atomic E-state index is -0.207. The molecule has 6 nitrogen and oxygen atoms in total. The summed E-state index contributed by atoms with van der Waals surface area (Å²) in [6.07, 6.45) is 1.78. The van der Waals surface area contributed by atoms with Crippen LogP contribution in [0, 0.1) is 0 Å². The van der Waals surface area contributed by atoms with Crippen molar-refractivity contribution in [2.75, 3.05) is 31.7 Å². The van der Waals surface area contributed by atoms with Crippen LogP contribution in [0.4, 0.5) is 11.5 Å². The first-order chi connectivity index (χ1) is 11.3. The van der Waals surface area contributed by atoms with E-state index in [1.54, 1.807) is 13.2 Å². The highest BCUT2D eigenvalue weighted by atomic mass is 16.5. The molecule has 0 saturated carbocycles. The first-order valence-corrected chi connectivity index (χ1v) is 7.76. The lowest BCUT2D eigenvalue weighted by atomic mass is 10.2. The lowest BCUT2D eigenvalue weighted by Gasteiger charge is -2.17. The molecule has 0 unspecified atom stereocenters. The molecule has 2 heterocycles. The van der Waals surface area contributed by atoms with Crippen molar-refractivity contribution >= 4 is 17.4 Å². The van der Waals surface area contributed by atoms with Gasteiger partial charge < -0.3 is 15.0 Å². The van der Waals surface area contributed by atoms with Gasteiger partial charge in [0.15, 0.2) is 11.5 Å². The lowest BCUT2D eigenvalue weighted by molar-refractivity contribution is 0.0942. The summed E-state index contributed by atoms with van der Waals surface area (Å²) in [6, 6.07) is 11.8. The number of anilines is 2. The van der Waals surface area contributed by atoms with Gasteiger partial charge in [-0.3, -0.25) is 4.79 Å². The standard InChI is InChI=1S/C17H20N4O2/c1-23-12-4-10-18-17(22)14-7-8-16(20-19-14)21-11-9-13-5-2-3-6-15(13)21/h2-3,5-8H,4,9-12H2,1H3,(H,18,22). The highest BCUT2D eigenvalue weighted by molar-refractivity contribution is 5.92. The van der Waals surface area contributed by atoms with Crippen LogP contribution in [-0.4, -0.2) is 42.9 Å². The van der Waals surface area contributed by atoms with Crippen molar-refractivity contribution in [3.8, 4) is 0 Å². The molecule has 120 valence electrons. The summed E-state index contributed by atoms with van der Waals surface area (Å²) in [5.41, 5.74) is 2.81. The molecule has 23 heavy (non-hydrogen) atoms. The maximum Gasteiger partial charge on any atom is 0.271 e. The van der Waals surface area contributed by atoms with Crippen LogP contribution in [0.1, 0.15) is 22.5 Å². The monoisotopic (exact) mass is 312 g/mol. The van der Waals surface area contributed by atoms with Crippen LogP contribution in [0.5, 0.6) is 0 Å². The SMILES string of the molecule is COCCCNC(=O)c1ccc(N2CCc3ccccc32)nn1. The Balaban J connectivity index is 1.65. The van der Waals surface area contributed by atoms with Crippen LogP contribution in [0.25, 0.3) is 0 Å². The van der Waals surface area contributed by atoms with Gasteiger partial charge in [-0.05, 0) is 36.6 Å². The largest absolute Gasteiger partial charge is 0.385 e. The zero-order valence-corrected chi connectivity index (χ0v) is 13.2. The molecule has 0 aliphatic carbocycles. The molecule has 1 aromatic carbocycles. The van der Waals surface area contributed by atoms with Gasteiger partial charge in [0, 0.05) is 32.5 Å². The molecule has 0 bridgehead atoms. The fourth-order valence-corrected chi connectivity index (χ4v) is 2.68. The van der Waals surface area contributed by atoms with Crippen LogP contribution in [-0.2, 0) is 11.2 Å². The van der Waals surface area contributed by atoms with Gasteiger partial charge in [0.1, 0.15) is 0 Å². The Morgan fingerprint density at radius 3 is 2.91 bits per heavy atom. The zero-order valence-electron chi connectivity index (χ0n) is 13.2. The Morgan fingerprint density at radius 2 is 2.13 bits per heavy atom. The molecule has 0 radical (unpaired) electrons. The van der Waals surface area contributed by atoms with Crippen molar-refractivity contribution in [3.05, 3.63) is 47.7 Å². The number of methoxy groups -OCH3 is 1. The number of nitrogens with zero attached hydrogens (tertiary/aromatic N) is 3. The van der Waals surface area contributed by atoms with Gasteiger partial charge in [0.05, 0.1) is 0 Å². The van der Waals surface area contributed by atoms with E-state index in [-0.39, 0.29) is 5.91 Å². The third-order valence-electron chi connectivity index (χ3n) is 3.86. The number of fused-ring (bicyclic) bond motifs is 1. The summed E-state index contributed by atoms with van der Waals surface area (Å²) in [7, 11) is 1.64. The molecule has 1 aliphatic heterocycles. The Labute approximate surface area is 135 Å². The van der Waals surface area contributed by atoms with E-state index in [4.69, 9.17) is 4.74 Å². The van der Waals surface area contributed by atoms with E-state index in [9.17, 15) is 4.79 Å². The van der Waals surface area contributed by atoms with Gasteiger partial charge in [0.2, 0.25) is 0 Å². The number of carbonyl (C=O) groups is 1. The summed E-state index contributed by atoms with van der Waals surface area (Å²) in [6.45, 7) is 2.07. The highest BCUT2D eigenvalue weighted by Crippen LogP contribution is 2.32. The van der Waals surface area contributed by atoms with Gasteiger partial charge in [-0.2, -0.15) is 0 Å². The van der Waals surface area contributed by atoms with E-state index < -0.39 is 0 Å². The maximum absolute atomic E-state index is 12.0. The van der Waals surface area contributed by atoms with E-state index in [1.165, 1.54) is 11.3 Å². The second-order valence-corrected chi connectivity index (χ2v) is 5.41. The molecule has 1 N–H and O–H groups in total. The number of aromatic nitrogens is 2. The molecule has 2 aromatic rings. The molecule has 6 heteroatoms. The first kappa shape index (κ1) is 15.4. The zero-order chi connectivity index (χ0) is 16.1. The van der Waals surface area contributed by atoms with Crippen LogP contribution in [0.3, 0.4) is 0 Å². The second kappa shape index (κ2) is 7.19. The molecule has 0 atom stereocenters. The topological polar surface area (TPSA) is 67.3 Å². The first-order valence-electron chi connectivity index (χ1n) is 7.76. The fourth-order valence-electron chi connectivity index (χ4n) is 2.68. The minimum absolute atomic E-state index is 0.207. The van der Waals surface area contributed by atoms with Gasteiger partial charge in [-0.15, -0.1) is 10.2 Å². The normalized spacial score (nSPS) is 13.0. The Bertz CT molecular complexity index is 673. The number of ether oxygens (including phenoxy) is 1. The number of hydrogen-bond acceptors (Lipinski definition) is 5. The molecule has 0 saturated heterocycles. The van der Waals surface area contributed by atoms with E-state index in [2.05, 4.69) is 32.5 Å². The number of para-hydroxylation sites is 1. The number of rotatable bonds is 6. The molecular formula is C17H20N4O2. The molecule has 1 aliphatic rings. The van der Waals surface area contributed by atoms with Gasteiger partial charge in [-0.25, -0.2) is 0 Å². The summed E-state index contributed by atoms with van der Waals surface area (Å²) >= 11 is 0. The number of carbonyl (C=O) groups excluding carboxylic acids is 1. The minimum Gasteiger partial charge on any atom is -0.385 e. The highest BCUT2D eigenvalue weighted by Gasteiger charge is 2.21. The lowest BCUT2D eigenvalue weighted by Crippen LogP contribution is -2.26. The van der Waals surface area contributed by atoms with Crippen molar-refractivity contribution in [1.82, 2.24) is 15.5 Å². The summed E-state index contributed by atoms with van der Waals surface area (Å²) < 4.78 is 4.95. The maximum atomic E-state index is 12.0. The van der Waals surface area contributed by atoms with Gasteiger partial charge >= 0.3 is 0 Å². The van der Waals surface area contributed by atoms with Crippen molar-refractivity contribution in [3.63, 3.8) is 0 Å². The molecule has 0 spiro atoms. The number of amides is 1. The predicted molar refractivity (Wildman–Crippen MR) is 88.0 cm³/mol. The van der Waals surface area contributed by atoms with Crippen LogP contribution in [0.15, 0.2) is 36.4 Å². The van der Waals surface area contributed by atoms with Gasteiger partial charge in [-0.1, -0.05) is 18.2 Å². The molecule has 3 rings (SSSR count). The number of hydrogen-bond donors (Lipinski definition) is 1. The third kappa shape index (κ3) is 3.48. The Hall–Kier alpha value is -2.47. The van der Waals surface area contributed by atoms with E-state index in [1.807, 2.05) is 18.2 Å². The van der Waals surface area contributed by atoms with Crippen molar-refractivity contribution < 1.29 is 9.53 Å². The average Bonchev–Trinajstić information content (AvgIpc) is 3.03. The molecular weight excluding hydrogens is 292 g/mol. The van der Waals surface area contributed by atoms with Crippen molar-refractivity contribution in [1.29, 1.82) is 0 Å². The summed E-state index contributed by atoms with van der Waals surface area (Å²) in [5.74, 6) is 0.563. The summed E-state index contributed by atoms with van der Waals surface area (Å²) in [4.78, 5) is 14.1. The number of nitrogens with one attached hydrogen (secondary N) is 1. The van der Waals surface area contributed by atoms with Crippen LogP contribution >= 0.6 is 0 Å². The predicted octanol–water partition coefficient (Wildman–Crippen LogP) is 1.94. The third-order valence-corrected chi connectivity index (χ3v) is 3.86. The van der Waals surface area contributed by atoms with Crippen LogP contribution in [0.2, 0.25) is 0 Å². The Morgan fingerprint density at radius 1 is 1.26 bits per heavy atom. The molecule has 0 fully saturated rings. The smallest absolute Gasteiger partial charge is 0.271 e. The molecule has 1 aromatic heterocycles. The second-order valence-electron chi connectivity index (χ2n) is 5.41. The van der Waals surface area contributed by atoms with Gasteiger partial charge in [0.25, 0.3) is 5.91 Å².